The van der Waals surface area contributed by atoms with Crippen molar-refractivity contribution in [3.63, 3.8) is 0 Å². The molecule has 13 heavy (non-hydrogen) atoms. The zero-order chi connectivity index (χ0) is 10.6. The van der Waals surface area contributed by atoms with E-state index in [0.29, 0.717) is 5.92 Å². The predicted octanol–water partition coefficient (Wildman–Crippen LogP) is 2.96. The number of hydrogen-bond acceptors (Lipinski definition) is 2. The van der Waals surface area contributed by atoms with Gasteiger partial charge in [-0.2, -0.15) is 0 Å². The summed E-state index contributed by atoms with van der Waals surface area (Å²) in [7, 11) is 0. The van der Waals surface area contributed by atoms with Crippen molar-refractivity contribution in [1.82, 2.24) is 0 Å². The lowest BCUT2D eigenvalue weighted by atomic mass is 10.1. The lowest BCUT2D eigenvalue weighted by molar-refractivity contribution is 0.561. The third kappa shape index (κ3) is 6.11. The van der Waals surface area contributed by atoms with Crippen molar-refractivity contribution in [2.75, 3.05) is 0 Å². The topological polar surface area (TPSA) is 35.4 Å². The molecule has 0 aromatic heterocycles. The van der Waals surface area contributed by atoms with Crippen molar-refractivity contribution in [1.29, 1.82) is 0 Å². The van der Waals surface area contributed by atoms with Crippen molar-refractivity contribution < 1.29 is 4.55 Å². The van der Waals surface area contributed by atoms with Crippen LogP contribution in [0.1, 0.15) is 48.0 Å². The van der Waals surface area contributed by atoms with Gasteiger partial charge in [0.1, 0.15) is 16.1 Å². The molecule has 0 rings (SSSR count). The van der Waals surface area contributed by atoms with E-state index in [1.54, 1.807) is 0 Å². The van der Waals surface area contributed by atoms with Crippen LogP contribution in [0.5, 0.6) is 0 Å². The van der Waals surface area contributed by atoms with E-state index in [9.17, 15) is 4.55 Å². The fourth-order valence-electron chi connectivity index (χ4n) is 0.907. The first kappa shape index (κ1) is 13.0. The highest BCUT2D eigenvalue weighted by Gasteiger charge is 2.26. The molecule has 0 aliphatic carbocycles. The highest BCUT2D eigenvalue weighted by atomic mass is 32.2. The quantitative estimate of drug-likeness (QED) is 0.513. The van der Waals surface area contributed by atoms with Crippen LogP contribution in [-0.4, -0.2) is 15.0 Å². The molecule has 0 fully saturated rings. The molecule has 0 saturated heterocycles. The number of rotatable bonds is 3. The van der Waals surface area contributed by atoms with Crippen LogP contribution < -0.4 is 0 Å². The molecule has 0 spiro atoms. The summed E-state index contributed by atoms with van der Waals surface area (Å²) in [5.41, 5.74) is 0.989. The second-order valence-electron chi connectivity index (χ2n) is 4.79. The van der Waals surface area contributed by atoms with E-state index < -0.39 is 11.4 Å². The molecular weight excluding hydrogens is 182 g/mol. The highest BCUT2D eigenvalue weighted by Crippen LogP contribution is 2.18. The lowest BCUT2D eigenvalue weighted by Gasteiger charge is -2.19. The van der Waals surface area contributed by atoms with Gasteiger partial charge < -0.3 is 4.55 Å². The van der Waals surface area contributed by atoms with E-state index in [1.807, 2.05) is 27.7 Å². The standard InChI is InChI=1S/C10H21NOS/c1-8(2)7-9(3)11-13(12)10(4,5)6/h8H,7H2,1-6H3. The molecule has 0 saturated carbocycles. The number of hydrogen-bond donors (Lipinski definition) is 0. The van der Waals surface area contributed by atoms with E-state index in [-0.39, 0.29) is 4.75 Å². The normalized spacial score (nSPS) is 16.5. The minimum atomic E-state index is -1.10. The maximum absolute atomic E-state index is 11.6. The zero-order valence-electron chi connectivity index (χ0n) is 9.55. The van der Waals surface area contributed by atoms with E-state index >= 15 is 0 Å². The highest BCUT2D eigenvalue weighted by molar-refractivity contribution is 7.91. The van der Waals surface area contributed by atoms with E-state index in [1.165, 1.54) is 0 Å². The summed E-state index contributed by atoms with van der Waals surface area (Å²) < 4.78 is 15.5. The van der Waals surface area contributed by atoms with Gasteiger partial charge in [-0.1, -0.05) is 18.2 Å². The van der Waals surface area contributed by atoms with Gasteiger partial charge in [0.05, 0.1) is 5.71 Å². The summed E-state index contributed by atoms with van der Waals surface area (Å²) in [6.45, 7) is 12.0. The van der Waals surface area contributed by atoms with Gasteiger partial charge in [-0.15, -0.1) is 0 Å². The summed E-state index contributed by atoms with van der Waals surface area (Å²) in [6, 6.07) is 0. The second kappa shape index (κ2) is 5.01. The Morgan fingerprint density at radius 1 is 1.38 bits per heavy atom. The molecule has 0 aliphatic rings. The van der Waals surface area contributed by atoms with Crippen LogP contribution in [0.2, 0.25) is 0 Å². The lowest BCUT2D eigenvalue weighted by Crippen LogP contribution is -2.26. The van der Waals surface area contributed by atoms with Crippen molar-refractivity contribution in [2.24, 2.45) is 10.3 Å². The largest absolute Gasteiger partial charge is 0.591 e. The van der Waals surface area contributed by atoms with Gasteiger partial charge in [-0.3, -0.25) is 0 Å². The first-order valence-corrected chi connectivity index (χ1v) is 5.80. The first-order chi connectivity index (χ1) is 5.73. The molecule has 0 aromatic rings. The molecule has 1 unspecified atom stereocenters. The van der Waals surface area contributed by atoms with Gasteiger partial charge in [0.15, 0.2) is 0 Å². The Hall–Kier alpha value is -0.0200. The average molecular weight is 203 g/mol. The molecule has 1 atom stereocenters. The van der Waals surface area contributed by atoms with E-state index in [4.69, 9.17) is 0 Å². The minimum Gasteiger partial charge on any atom is -0.591 e. The Bertz CT molecular complexity index is 182. The molecule has 0 heterocycles. The van der Waals surface area contributed by atoms with Gasteiger partial charge in [0.2, 0.25) is 0 Å². The molecule has 78 valence electrons. The molecule has 0 bridgehead atoms. The van der Waals surface area contributed by atoms with E-state index in [2.05, 4.69) is 18.2 Å². The summed E-state index contributed by atoms with van der Waals surface area (Å²) in [5.74, 6) is 0.584. The summed E-state index contributed by atoms with van der Waals surface area (Å²) >= 11 is -1.10. The Labute approximate surface area is 85.1 Å². The first-order valence-electron chi connectivity index (χ1n) is 4.69. The van der Waals surface area contributed by atoms with Gasteiger partial charge in [-0.25, -0.2) is 0 Å². The van der Waals surface area contributed by atoms with Crippen LogP contribution in [0.15, 0.2) is 4.40 Å². The molecule has 2 nitrogen and oxygen atoms in total. The molecule has 0 N–H and O–H groups in total. The second-order valence-corrected chi connectivity index (χ2v) is 6.69. The van der Waals surface area contributed by atoms with Crippen molar-refractivity contribution in [3.05, 3.63) is 0 Å². The monoisotopic (exact) mass is 203 g/mol. The Morgan fingerprint density at radius 3 is 2.15 bits per heavy atom. The third-order valence-corrected chi connectivity index (χ3v) is 2.99. The number of nitrogens with zero attached hydrogens (tertiary/aromatic N) is 1. The fourth-order valence-corrected chi connectivity index (χ4v) is 1.54. The average Bonchev–Trinajstić information content (AvgIpc) is 1.82. The predicted molar refractivity (Wildman–Crippen MR) is 60.5 cm³/mol. The maximum Gasteiger partial charge on any atom is 0.144 e. The van der Waals surface area contributed by atoms with Crippen LogP contribution in [-0.2, 0) is 11.4 Å². The van der Waals surface area contributed by atoms with Crippen molar-refractivity contribution in [3.8, 4) is 0 Å². The SMILES string of the molecule is CC(CC(C)C)=N[S+]([O-])C(C)(C)C. The third-order valence-electron chi connectivity index (χ3n) is 1.47. The van der Waals surface area contributed by atoms with Gasteiger partial charge in [-0.05, 0) is 40.0 Å². The summed E-state index contributed by atoms with van der Waals surface area (Å²) in [4.78, 5) is 0. The molecular formula is C10H21NOS. The van der Waals surface area contributed by atoms with E-state index in [0.717, 1.165) is 12.1 Å². The smallest absolute Gasteiger partial charge is 0.144 e. The minimum absolute atomic E-state index is 0.238. The Balaban J connectivity index is 4.22. The Morgan fingerprint density at radius 2 is 1.85 bits per heavy atom. The molecule has 0 amide bonds. The van der Waals surface area contributed by atoms with Gasteiger partial charge in [0, 0.05) is 0 Å². The summed E-state index contributed by atoms with van der Waals surface area (Å²) in [6.07, 6.45) is 0.932. The maximum atomic E-state index is 11.6. The molecule has 0 radical (unpaired) electrons. The fraction of sp³-hybridized carbons (Fsp3) is 0.900. The van der Waals surface area contributed by atoms with Crippen LogP contribution in [0.4, 0.5) is 0 Å². The van der Waals surface area contributed by atoms with Crippen molar-refractivity contribution >= 4 is 17.1 Å². The van der Waals surface area contributed by atoms with Crippen LogP contribution in [0.25, 0.3) is 0 Å². The van der Waals surface area contributed by atoms with Crippen LogP contribution >= 0.6 is 0 Å². The van der Waals surface area contributed by atoms with Gasteiger partial charge >= 0.3 is 0 Å². The summed E-state index contributed by atoms with van der Waals surface area (Å²) in [5, 5.41) is 0. The Kier molecular flexibility index (Phi) is 5.00. The zero-order valence-corrected chi connectivity index (χ0v) is 10.4. The van der Waals surface area contributed by atoms with Gasteiger partial charge in [0.25, 0.3) is 0 Å². The van der Waals surface area contributed by atoms with Crippen molar-refractivity contribution in [2.45, 2.75) is 52.7 Å². The van der Waals surface area contributed by atoms with Crippen LogP contribution in [0, 0.1) is 5.92 Å². The molecule has 0 aliphatic heterocycles. The van der Waals surface area contributed by atoms with Crippen LogP contribution in [0.3, 0.4) is 0 Å². The molecule has 0 aromatic carbocycles. The molecule has 3 heteroatoms.